The first kappa shape index (κ1) is 14.3. The third kappa shape index (κ3) is 4.95. The van der Waals surface area contributed by atoms with Crippen molar-refractivity contribution in [1.82, 2.24) is 0 Å². The Kier molecular flexibility index (Phi) is 6.35. The van der Waals surface area contributed by atoms with Gasteiger partial charge in [-0.1, -0.05) is 32.1 Å². The highest BCUT2D eigenvalue weighted by atomic mass is 79.9. The van der Waals surface area contributed by atoms with Crippen LogP contribution in [0.3, 0.4) is 0 Å². The Bertz CT molecular complexity index is 371. The van der Waals surface area contributed by atoms with E-state index < -0.39 is 0 Å². The van der Waals surface area contributed by atoms with Gasteiger partial charge >= 0.3 is 0 Å². The van der Waals surface area contributed by atoms with E-state index in [0.717, 1.165) is 23.1 Å². The first-order valence-electron chi connectivity index (χ1n) is 6.25. The second-order valence-corrected chi connectivity index (χ2v) is 5.07. The highest BCUT2D eigenvalue weighted by Crippen LogP contribution is 2.27. The van der Waals surface area contributed by atoms with Crippen LogP contribution in [-0.4, -0.2) is 6.61 Å². The third-order valence-electron chi connectivity index (χ3n) is 2.55. The van der Waals surface area contributed by atoms with Crippen molar-refractivity contribution in [2.75, 3.05) is 6.61 Å². The SMILES string of the molecule is CC/C=C\C(C)Cc1ccc(OCC)c(Br)c1. The molecule has 0 amide bonds. The van der Waals surface area contributed by atoms with Crippen LogP contribution in [0, 0.1) is 5.92 Å². The molecule has 0 radical (unpaired) electrons. The Morgan fingerprint density at radius 2 is 2.12 bits per heavy atom. The number of ether oxygens (including phenoxy) is 1. The van der Waals surface area contributed by atoms with Gasteiger partial charge in [0.15, 0.2) is 0 Å². The minimum absolute atomic E-state index is 0.583. The number of hydrogen-bond acceptors (Lipinski definition) is 1. The summed E-state index contributed by atoms with van der Waals surface area (Å²) in [6, 6.07) is 6.34. The first-order valence-corrected chi connectivity index (χ1v) is 7.04. The van der Waals surface area contributed by atoms with Crippen LogP contribution in [0.5, 0.6) is 5.75 Å². The maximum absolute atomic E-state index is 5.50. The van der Waals surface area contributed by atoms with Crippen molar-refractivity contribution in [3.05, 3.63) is 40.4 Å². The standard InChI is InChI=1S/C15H21BrO/c1-4-6-7-12(3)10-13-8-9-15(17-5-2)14(16)11-13/h6-9,11-12H,4-5,10H2,1-3H3/b7-6-. The molecule has 1 rings (SSSR count). The van der Waals surface area contributed by atoms with E-state index in [9.17, 15) is 0 Å². The van der Waals surface area contributed by atoms with Crippen LogP contribution in [0.1, 0.15) is 32.8 Å². The summed E-state index contributed by atoms with van der Waals surface area (Å²) in [5, 5.41) is 0. The van der Waals surface area contributed by atoms with E-state index in [1.54, 1.807) is 0 Å². The van der Waals surface area contributed by atoms with Gasteiger partial charge in [-0.3, -0.25) is 0 Å². The molecule has 0 saturated carbocycles. The average molecular weight is 297 g/mol. The van der Waals surface area contributed by atoms with Crippen molar-refractivity contribution < 1.29 is 4.74 Å². The Balaban J connectivity index is 2.66. The number of benzene rings is 1. The van der Waals surface area contributed by atoms with Gasteiger partial charge < -0.3 is 4.74 Å². The van der Waals surface area contributed by atoms with Crippen molar-refractivity contribution in [2.24, 2.45) is 5.92 Å². The van der Waals surface area contributed by atoms with Crippen LogP contribution in [0.2, 0.25) is 0 Å². The molecular formula is C15H21BrO. The first-order chi connectivity index (χ1) is 8.17. The van der Waals surface area contributed by atoms with Crippen LogP contribution in [-0.2, 0) is 6.42 Å². The van der Waals surface area contributed by atoms with Gasteiger partial charge in [-0.05, 0) is 59.3 Å². The van der Waals surface area contributed by atoms with E-state index in [-0.39, 0.29) is 0 Å². The number of allylic oxidation sites excluding steroid dienone is 2. The van der Waals surface area contributed by atoms with Crippen LogP contribution < -0.4 is 4.74 Å². The van der Waals surface area contributed by atoms with E-state index >= 15 is 0 Å². The zero-order chi connectivity index (χ0) is 12.7. The van der Waals surface area contributed by atoms with Crippen molar-refractivity contribution in [1.29, 1.82) is 0 Å². The van der Waals surface area contributed by atoms with Gasteiger partial charge in [0.25, 0.3) is 0 Å². The summed E-state index contributed by atoms with van der Waals surface area (Å²) in [6.45, 7) is 7.11. The van der Waals surface area contributed by atoms with E-state index in [4.69, 9.17) is 4.74 Å². The molecular weight excluding hydrogens is 276 g/mol. The Hall–Kier alpha value is -0.760. The van der Waals surface area contributed by atoms with Crippen LogP contribution >= 0.6 is 15.9 Å². The molecule has 1 aromatic carbocycles. The maximum Gasteiger partial charge on any atom is 0.133 e. The summed E-state index contributed by atoms with van der Waals surface area (Å²) in [4.78, 5) is 0. The van der Waals surface area contributed by atoms with Crippen LogP contribution in [0.15, 0.2) is 34.8 Å². The molecule has 0 saturated heterocycles. The maximum atomic E-state index is 5.50. The lowest BCUT2D eigenvalue weighted by atomic mass is 10.0. The Morgan fingerprint density at radius 1 is 1.35 bits per heavy atom. The molecule has 0 aliphatic rings. The second kappa shape index (κ2) is 7.54. The molecule has 0 aromatic heterocycles. The molecule has 0 aliphatic heterocycles. The molecule has 1 unspecified atom stereocenters. The molecule has 0 fully saturated rings. The zero-order valence-electron chi connectivity index (χ0n) is 10.9. The second-order valence-electron chi connectivity index (χ2n) is 4.22. The van der Waals surface area contributed by atoms with E-state index in [0.29, 0.717) is 12.5 Å². The van der Waals surface area contributed by atoms with Crippen molar-refractivity contribution in [3.63, 3.8) is 0 Å². The van der Waals surface area contributed by atoms with Gasteiger partial charge in [0.05, 0.1) is 11.1 Å². The smallest absolute Gasteiger partial charge is 0.133 e. The summed E-state index contributed by atoms with van der Waals surface area (Å²) >= 11 is 3.55. The highest BCUT2D eigenvalue weighted by molar-refractivity contribution is 9.10. The highest BCUT2D eigenvalue weighted by Gasteiger charge is 2.04. The number of halogens is 1. The van der Waals surface area contributed by atoms with Gasteiger partial charge in [0.2, 0.25) is 0 Å². The van der Waals surface area contributed by atoms with Crippen molar-refractivity contribution >= 4 is 15.9 Å². The van der Waals surface area contributed by atoms with Crippen molar-refractivity contribution in [2.45, 2.75) is 33.6 Å². The summed E-state index contributed by atoms with van der Waals surface area (Å²) < 4.78 is 6.55. The van der Waals surface area contributed by atoms with Gasteiger partial charge in [-0.15, -0.1) is 0 Å². The topological polar surface area (TPSA) is 9.23 Å². The lowest BCUT2D eigenvalue weighted by molar-refractivity contribution is 0.338. The van der Waals surface area contributed by atoms with Gasteiger partial charge in [0, 0.05) is 0 Å². The summed E-state index contributed by atoms with van der Waals surface area (Å²) in [5.41, 5.74) is 1.34. The Labute approximate surface area is 113 Å². The molecule has 94 valence electrons. The fourth-order valence-corrected chi connectivity index (χ4v) is 2.29. The van der Waals surface area contributed by atoms with Crippen LogP contribution in [0.4, 0.5) is 0 Å². The fourth-order valence-electron chi connectivity index (χ4n) is 1.75. The molecule has 0 aliphatic carbocycles. The Morgan fingerprint density at radius 3 is 2.71 bits per heavy atom. The summed E-state index contributed by atoms with van der Waals surface area (Å²) in [6.07, 6.45) is 6.69. The minimum atomic E-state index is 0.583. The molecule has 0 spiro atoms. The van der Waals surface area contributed by atoms with Gasteiger partial charge in [-0.25, -0.2) is 0 Å². The molecule has 0 bridgehead atoms. The summed E-state index contributed by atoms with van der Waals surface area (Å²) in [7, 11) is 0. The quantitative estimate of drug-likeness (QED) is 0.672. The van der Waals surface area contributed by atoms with Crippen molar-refractivity contribution in [3.8, 4) is 5.75 Å². The number of hydrogen-bond donors (Lipinski definition) is 0. The summed E-state index contributed by atoms with van der Waals surface area (Å²) in [5.74, 6) is 1.51. The molecule has 1 nitrogen and oxygen atoms in total. The third-order valence-corrected chi connectivity index (χ3v) is 3.17. The monoisotopic (exact) mass is 296 g/mol. The van der Waals surface area contributed by atoms with Crippen LogP contribution in [0.25, 0.3) is 0 Å². The van der Waals surface area contributed by atoms with E-state index in [1.165, 1.54) is 5.56 Å². The fraction of sp³-hybridized carbons (Fsp3) is 0.467. The average Bonchev–Trinajstić information content (AvgIpc) is 2.30. The predicted octanol–water partition coefficient (Wildman–Crippen LogP) is 4.99. The molecule has 0 N–H and O–H groups in total. The van der Waals surface area contributed by atoms with E-state index in [2.05, 4.69) is 54.1 Å². The minimum Gasteiger partial charge on any atom is -0.493 e. The molecule has 1 aromatic rings. The van der Waals surface area contributed by atoms with E-state index in [1.807, 2.05) is 13.0 Å². The lowest BCUT2D eigenvalue weighted by Crippen LogP contribution is -1.97. The normalized spacial score (nSPS) is 12.9. The molecule has 2 heteroatoms. The number of rotatable bonds is 6. The van der Waals surface area contributed by atoms with Gasteiger partial charge in [-0.2, -0.15) is 0 Å². The predicted molar refractivity (Wildman–Crippen MR) is 77.6 cm³/mol. The largest absolute Gasteiger partial charge is 0.493 e. The molecule has 1 atom stereocenters. The zero-order valence-corrected chi connectivity index (χ0v) is 12.5. The molecule has 0 heterocycles. The van der Waals surface area contributed by atoms with Gasteiger partial charge in [0.1, 0.15) is 5.75 Å². The molecule has 17 heavy (non-hydrogen) atoms. The lowest BCUT2D eigenvalue weighted by Gasteiger charge is -2.10.